The number of hydrogen-bond acceptors (Lipinski definition) is 3. The van der Waals surface area contributed by atoms with Crippen molar-refractivity contribution < 1.29 is 14.3 Å². The molecule has 17 heavy (non-hydrogen) atoms. The van der Waals surface area contributed by atoms with Crippen LogP contribution in [0.5, 0.6) is 5.75 Å². The van der Waals surface area contributed by atoms with Crippen molar-refractivity contribution in [2.75, 3.05) is 6.61 Å². The van der Waals surface area contributed by atoms with Gasteiger partial charge in [-0.1, -0.05) is 37.3 Å². The van der Waals surface area contributed by atoms with E-state index in [0.29, 0.717) is 12.4 Å². The molecule has 1 unspecified atom stereocenters. The van der Waals surface area contributed by atoms with Crippen LogP contribution in [-0.4, -0.2) is 12.6 Å². The summed E-state index contributed by atoms with van der Waals surface area (Å²) in [4.78, 5) is 11.4. The maximum absolute atomic E-state index is 11.4. The summed E-state index contributed by atoms with van der Waals surface area (Å²) in [7, 11) is 0. The average molecular weight is 232 g/mol. The molecule has 0 fully saturated rings. The second-order valence-electron chi connectivity index (χ2n) is 4.12. The van der Waals surface area contributed by atoms with E-state index in [1.165, 1.54) is 0 Å². The molecule has 3 nitrogen and oxygen atoms in total. The van der Waals surface area contributed by atoms with Crippen molar-refractivity contribution in [2.24, 2.45) is 0 Å². The number of rotatable bonds is 4. The lowest BCUT2D eigenvalue weighted by atomic mass is 10.0. The zero-order valence-corrected chi connectivity index (χ0v) is 9.94. The molecule has 1 aliphatic rings. The van der Waals surface area contributed by atoms with Gasteiger partial charge in [-0.15, -0.1) is 0 Å². The van der Waals surface area contributed by atoms with Crippen LogP contribution in [-0.2, 0) is 9.53 Å². The SMILES string of the molecule is C=C(CC)COC1CC(=O)Oc2ccccc21. The van der Waals surface area contributed by atoms with Gasteiger partial charge in [-0.25, -0.2) is 0 Å². The van der Waals surface area contributed by atoms with Gasteiger partial charge in [0.15, 0.2) is 0 Å². The van der Waals surface area contributed by atoms with E-state index in [1.54, 1.807) is 6.07 Å². The fourth-order valence-electron chi connectivity index (χ4n) is 1.73. The summed E-state index contributed by atoms with van der Waals surface area (Å²) < 4.78 is 10.9. The van der Waals surface area contributed by atoms with Crippen molar-refractivity contribution in [3.63, 3.8) is 0 Å². The molecule has 1 aromatic carbocycles. The zero-order valence-electron chi connectivity index (χ0n) is 9.94. The topological polar surface area (TPSA) is 35.5 Å². The lowest BCUT2D eigenvalue weighted by Crippen LogP contribution is -2.22. The standard InChI is InChI=1S/C14H16O3/c1-3-10(2)9-16-13-8-14(15)17-12-7-5-4-6-11(12)13/h4-7,13H,2-3,8-9H2,1H3. The molecule has 0 N–H and O–H groups in total. The third-order valence-corrected chi connectivity index (χ3v) is 2.83. The maximum atomic E-state index is 11.4. The van der Waals surface area contributed by atoms with Gasteiger partial charge in [0, 0.05) is 5.56 Å². The normalized spacial score (nSPS) is 18.4. The molecule has 1 aliphatic heterocycles. The highest BCUT2D eigenvalue weighted by atomic mass is 16.5. The van der Waals surface area contributed by atoms with E-state index in [9.17, 15) is 4.79 Å². The first-order valence-electron chi connectivity index (χ1n) is 5.78. The smallest absolute Gasteiger partial charge is 0.314 e. The van der Waals surface area contributed by atoms with Gasteiger partial charge < -0.3 is 9.47 Å². The lowest BCUT2D eigenvalue weighted by Gasteiger charge is -2.24. The molecule has 2 rings (SSSR count). The Bertz CT molecular complexity index is 437. The van der Waals surface area contributed by atoms with E-state index < -0.39 is 0 Å². The number of esters is 1. The van der Waals surface area contributed by atoms with Crippen LogP contribution in [0.1, 0.15) is 31.4 Å². The van der Waals surface area contributed by atoms with Gasteiger partial charge >= 0.3 is 5.97 Å². The quantitative estimate of drug-likeness (QED) is 0.455. The second kappa shape index (κ2) is 5.15. The van der Waals surface area contributed by atoms with Gasteiger partial charge in [0.05, 0.1) is 19.1 Å². The average Bonchev–Trinajstić information content (AvgIpc) is 2.35. The lowest BCUT2D eigenvalue weighted by molar-refractivity contribution is -0.139. The minimum atomic E-state index is -0.240. The van der Waals surface area contributed by atoms with Crippen molar-refractivity contribution in [1.29, 1.82) is 0 Å². The molecule has 0 spiro atoms. The van der Waals surface area contributed by atoms with Crippen LogP contribution in [0.3, 0.4) is 0 Å². The number of carbonyl (C=O) groups is 1. The predicted molar refractivity (Wildman–Crippen MR) is 64.8 cm³/mol. The number of carbonyl (C=O) groups excluding carboxylic acids is 1. The molecular weight excluding hydrogens is 216 g/mol. The Balaban J connectivity index is 2.12. The number of fused-ring (bicyclic) bond motifs is 1. The summed E-state index contributed by atoms with van der Waals surface area (Å²) in [6.07, 6.45) is 0.947. The summed E-state index contributed by atoms with van der Waals surface area (Å²) in [5.41, 5.74) is 1.97. The van der Waals surface area contributed by atoms with Crippen LogP contribution in [0.4, 0.5) is 0 Å². The van der Waals surface area contributed by atoms with Crippen molar-refractivity contribution in [3.8, 4) is 5.75 Å². The third-order valence-electron chi connectivity index (χ3n) is 2.83. The molecule has 1 aromatic rings. The summed E-state index contributed by atoms with van der Waals surface area (Å²) >= 11 is 0. The number of benzene rings is 1. The monoisotopic (exact) mass is 232 g/mol. The second-order valence-corrected chi connectivity index (χ2v) is 4.12. The van der Waals surface area contributed by atoms with Crippen LogP contribution in [0.25, 0.3) is 0 Å². The first-order valence-corrected chi connectivity index (χ1v) is 5.78. The highest BCUT2D eigenvalue weighted by molar-refractivity contribution is 5.76. The van der Waals surface area contributed by atoms with Gasteiger partial charge in [0.1, 0.15) is 5.75 Å². The molecule has 90 valence electrons. The molecule has 0 bridgehead atoms. The van der Waals surface area contributed by atoms with Crippen LogP contribution in [0.2, 0.25) is 0 Å². The molecule has 0 saturated heterocycles. The largest absolute Gasteiger partial charge is 0.426 e. The van der Waals surface area contributed by atoms with E-state index in [4.69, 9.17) is 9.47 Å². The third kappa shape index (κ3) is 2.74. The van der Waals surface area contributed by atoms with Gasteiger partial charge in [-0.3, -0.25) is 4.79 Å². The van der Waals surface area contributed by atoms with Crippen molar-refractivity contribution >= 4 is 5.97 Å². The Morgan fingerprint density at radius 1 is 1.53 bits per heavy atom. The number of hydrogen-bond donors (Lipinski definition) is 0. The van der Waals surface area contributed by atoms with E-state index in [-0.39, 0.29) is 18.5 Å². The number of ether oxygens (including phenoxy) is 2. The predicted octanol–water partition coefficient (Wildman–Crippen LogP) is 3.02. The van der Waals surface area contributed by atoms with E-state index >= 15 is 0 Å². The zero-order chi connectivity index (χ0) is 12.3. The Morgan fingerprint density at radius 2 is 2.29 bits per heavy atom. The Morgan fingerprint density at radius 3 is 3.06 bits per heavy atom. The molecule has 0 saturated carbocycles. The maximum Gasteiger partial charge on any atom is 0.314 e. The molecule has 1 atom stereocenters. The minimum absolute atomic E-state index is 0.212. The summed E-state index contributed by atoms with van der Waals surface area (Å²) in [6.45, 7) is 6.42. The first kappa shape index (κ1) is 11.9. The molecule has 3 heteroatoms. The molecule has 0 aromatic heterocycles. The molecule has 0 radical (unpaired) electrons. The molecule has 0 aliphatic carbocycles. The highest BCUT2D eigenvalue weighted by Gasteiger charge is 2.27. The van der Waals surface area contributed by atoms with Gasteiger partial charge in [0.2, 0.25) is 0 Å². The first-order chi connectivity index (χ1) is 8.20. The molecular formula is C14H16O3. The van der Waals surface area contributed by atoms with Crippen molar-refractivity contribution in [1.82, 2.24) is 0 Å². The van der Waals surface area contributed by atoms with Crippen molar-refractivity contribution in [2.45, 2.75) is 25.9 Å². The van der Waals surface area contributed by atoms with Crippen LogP contribution >= 0.6 is 0 Å². The Kier molecular flexibility index (Phi) is 3.59. The Hall–Kier alpha value is -1.61. The van der Waals surface area contributed by atoms with Crippen molar-refractivity contribution in [3.05, 3.63) is 42.0 Å². The summed E-state index contributed by atoms with van der Waals surface area (Å²) in [6, 6.07) is 7.49. The minimum Gasteiger partial charge on any atom is -0.426 e. The highest BCUT2D eigenvalue weighted by Crippen LogP contribution is 2.34. The number of para-hydroxylation sites is 1. The molecule has 1 heterocycles. The fraction of sp³-hybridized carbons (Fsp3) is 0.357. The van der Waals surface area contributed by atoms with E-state index in [1.807, 2.05) is 25.1 Å². The summed E-state index contributed by atoms with van der Waals surface area (Å²) in [5.74, 6) is 0.367. The molecule has 0 amide bonds. The van der Waals surface area contributed by atoms with Crippen LogP contribution in [0.15, 0.2) is 36.4 Å². The fourth-order valence-corrected chi connectivity index (χ4v) is 1.73. The van der Waals surface area contributed by atoms with Crippen LogP contribution < -0.4 is 4.74 Å². The summed E-state index contributed by atoms with van der Waals surface area (Å²) in [5, 5.41) is 0. The van der Waals surface area contributed by atoms with E-state index in [0.717, 1.165) is 17.6 Å². The van der Waals surface area contributed by atoms with Crippen LogP contribution in [0, 0.1) is 0 Å². The van der Waals surface area contributed by atoms with Gasteiger partial charge in [-0.05, 0) is 12.5 Å². The van der Waals surface area contributed by atoms with E-state index in [2.05, 4.69) is 6.58 Å². The Labute approximate surface area is 101 Å². The van der Waals surface area contributed by atoms with Gasteiger partial charge in [-0.2, -0.15) is 0 Å². The van der Waals surface area contributed by atoms with Gasteiger partial charge in [0.25, 0.3) is 0 Å².